The van der Waals surface area contributed by atoms with Crippen LogP contribution in [0.3, 0.4) is 0 Å². The molecule has 1 aromatic rings. The third-order valence-electron chi connectivity index (χ3n) is 4.75. The monoisotopic (exact) mass is 294 g/mol. The van der Waals surface area contributed by atoms with Crippen molar-refractivity contribution in [2.75, 3.05) is 0 Å². The van der Waals surface area contributed by atoms with Crippen LogP contribution in [-0.4, -0.2) is 33.0 Å². The Bertz CT molecular complexity index is 488. The van der Waals surface area contributed by atoms with Crippen LogP contribution < -0.4 is 0 Å². The number of carboxylic acids is 1. The van der Waals surface area contributed by atoms with Gasteiger partial charge >= 0.3 is 5.97 Å². The van der Waals surface area contributed by atoms with Crippen LogP contribution in [0.5, 0.6) is 0 Å². The fraction of sp³-hybridized carbons (Fsp3) is 0.733. The number of thiazole rings is 1. The molecule has 1 aromatic heterocycles. The van der Waals surface area contributed by atoms with Crippen LogP contribution >= 0.6 is 11.3 Å². The normalized spacial score (nSPS) is 30.4. The maximum absolute atomic E-state index is 11.5. The average molecular weight is 294 g/mol. The summed E-state index contributed by atoms with van der Waals surface area (Å²) in [6.07, 6.45) is 6.63. The summed E-state index contributed by atoms with van der Waals surface area (Å²) in [5.41, 5.74) is 1.05. The molecule has 0 spiro atoms. The highest BCUT2D eigenvalue weighted by Crippen LogP contribution is 2.40. The Morgan fingerprint density at radius 2 is 2.30 bits per heavy atom. The molecule has 2 fully saturated rings. The molecule has 2 aliphatic rings. The van der Waals surface area contributed by atoms with E-state index >= 15 is 0 Å². The summed E-state index contributed by atoms with van der Waals surface area (Å²) in [6, 6.07) is 0.145. The number of fused-ring (bicyclic) bond motifs is 1. The van der Waals surface area contributed by atoms with Crippen LogP contribution in [0.25, 0.3) is 0 Å². The molecule has 1 aliphatic carbocycles. The number of aromatic nitrogens is 1. The lowest BCUT2D eigenvalue weighted by Crippen LogP contribution is -2.41. The van der Waals surface area contributed by atoms with Gasteiger partial charge in [0.1, 0.15) is 6.04 Å². The zero-order chi connectivity index (χ0) is 14.1. The molecule has 0 radical (unpaired) electrons. The van der Waals surface area contributed by atoms with E-state index in [-0.39, 0.29) is 6.04 Å². The molecule has 3 rings (SSSR count). The number of carbonyl (C=O) groups is 1. The molecule has 1 N–H and O–H groups in total. The first kappa shape index (κ1) is 14.0. The van der Waals surface area contributed by atoms with Gasteiger partial charge in [0.05, 0.1) is 10.7 Å². The summed E-state index contributed by atoms with van der Waals surface area (Å²) < 4.78 is 0. The number of likely N-dealkylation sites (tertiary alicyclic amines) is 1. The average Bonchev–Trinajstić information content (AvgIpc) is 3.04. The molecule has 20 heavy (non-hydrogen) atoms. The highest BCUT2D eigenvalue weighted by atomic mass is 32.1. The minimum atomic E-state index is -0.662. The second-order valence-corrected chi connectivity index (χ2v) is 6.90. The summed E-state index contributed by atoms with van der Waals surface area (Å²) in [4.78, 5) is 18.4. The van der Waals surface area contributed by atoms with Crippen LogP contribution in [0.2, 0.25) is 0 Å². The van der Waals surface area contributed by atoms with Crippen molar-refractivity contribution in [2.24, 2.45) is 5.92 Å². The van der Waals surface area contributed by atoms with Crippen molar-refractivity contribution in [1.29, 1.82) is 0 Å². The smallest absolute Gasteiger partial charge is 0.320 e. The Labute approximate surface area is 123 Å². The highest BCUT2D eigenvalue weighted by Gasteiger charge is 2.45. The lowest BCUT2D eigenvalue weighted by molar-refractivity contribution is -0.142. The Kier molecular flexibility index (Phi) is 4.08. The summed E-state index contributed by atoms with van der Waals surface area (Å²) in [6.45, 7) is 2.81. The SMILES string of the molecule is CCc1nc(CN2[C@@H]3CCCC[C@H]3C[C@H]2C(=O)O)cs1. The van der Waals surface area contributed by atoms with Crippen molar-refractivity contribution in [3.05, 3.63) is 16.1 Å². The van der Waals surface area contributed by atoms with E-state index in [1.54, 1.807) is 11.3 Å². The molecule has 1 aliphatic heterocycles. The second-order valence-electron chi connectivity index (χ2n) is 5.96. The molecule has 5 heteroatoms. The van der Waals surface area contributed by atoms with Gasteiger partial charge in [0.25, 0.3) is 0 Å². The maximum atomic E-state index is 11.5. The Hall–Kier alpha value is -0.940. The number of aryl methyl sites for hydroxylation is 1. The topological polar surface area (TPSA) is 53.4 Å². The summed E-state index contributed by atoms with van der Waals surface area (Å²) in [5, 5.41) is 12.7. The van der Waals surface area contributed by atoms with Gasteiger partial charge in [-0.15, -0.1) is 11.3 Å². The molecule has 2 heterocycles. The van der Waals surface area contributed by atoms with Crippen LogP contribution in [0.15, 0.2) is 5.38 Å². The number of carboxylic acid groups (broad SMARTS) is 1. The first-order valence-corrected chi connectivity index (χ1v) is 8.48. The largest absolute Gasteiger partial charge is 0.480 e. The first-order valence-electron chi connectivity index (χ1n) is 7.61. The Morgan fingerprint density at radius 1 is 1.50 bits per heavy atom. The summed E-state index contributed by atoms with van der Waals surface area (Å²) in [5.74, 6) is -0.0838. The van der Waals surface area contributed by atoms with Gasteiger partial charge in [-0.2, -0.15) is 0 Å². The number of nitrogens with zero attached hydrogens (tertiary/aromatic N) is 2. The quantitative estimate of drug-likeness (QED) is 0.927. The Morgan fingerprint density at radius 3 is 3.00 bits per heavy atom. The van der Waals surface area contributed by atoms with E-state index < -0.39 is 5.97 Å². The number of rotatable bonds is 4. The highest BCUT2D eigenvalue weighted by molar-refractivity contribution is 7.09. The number of hydrogen-bond donors (Lipinski definition) is 1. The Balaban J connectivity index is 1.78. The van der Waals surface area contributed by atoms with E-state index in [1.807, 2.05) is 0 Å². The van der Waals surface area contributed by atoms with E-state index in [0.29, 0.717) is 18.5 Å². The van der Waals surface area contributed by atoms with Gasteiger partial charge < -0.3 is 5.11 Å². The van der Waals surface area contributed by atoms with E-state index in [2.05, 4.69) is 22.2 Å². The summed E-state index contributed by atoms with van der Waals surface area (Å²) >= 11 is 1.69. The van der Waals surface area contributed by atoms with E-state index in [0.717, 1.165) is 30.0 Å². The predicted molar refractivity (Wildman–Crippen MR) is 78.8 cm³/mol. The van der Waals surface area contributed by atoms with Gasteiger partial charge in [-0.05, 0) is 31.6 Å². The van der Waals surface area contributed by atoms with Gasteiger partial charge in [-0.25, -0.2) is 4.98 Å². The van der Waals surface area contributed by atoms with Gasteiger partial charge in [0.2, 0.25) is 0 Å². The fourth-order valence-electron chi connectivity index (χ4n) is 3.79. The second kappa shape index (κ2) is 5.82. The van der Waals surface area contributed by atoms with Crippen LogP contribution in [0, 0.1) is 5.92 Å². The molecule has 0 aromatic carbocycles. The molecule has 3 atom stereocenters. The minimum absolute atomic E-state index is 0.310. The van der Waals surface area contributed by atoms with Gasteiger partial charge in [-0.3, -0.25) is 9.69 Å². The fourth-order valence-corrected chi connectivity index (χ4v) is 4.53. The molecular weight excluding hydrogens is 272 g/mol. The molecule has 0 unspecified atom stereocenters. The van der Waals surface area contributed by atoms with Gasteiger partial charge in [0, 0.05) is 18.0 Å². The molecule has 1 saturated carbocycles. The molecule has 1 saturated heterocycles. The van der Waals surface area contributed by atoms with Crippen LogP contribution in [-0.2, 0) is 17.8 Å². The molecule has 0 amide bonds. The van der Waals surface area contributed by atoms with Gasteiger partial charge in [0.15, 0.2) is 0 Å². The number of aliphatic carboxylic acids is 1. The zero-order valence-electron chi connectivity index (χ0n) is 11.9. The first-order chi connectivity index (χ1) is 9.69. The molecular formula is C15H22N2O2S. The lowest BCUT2D eigenvalue weighted by atomic mass is 9.85. The third kappa shape index (κ3) is 2.61. The number of hydrogen-bond acceptors (Lipinski definition) is 4. The standard InChI is InChI=1S/C15H22N2O2S/c1-2-14-16-11(9-20-14)8-17-12-6-4-3-5-10(12)7-13(17)15(18)19/h9-10,12-13H,2-8H2,1H3,(H,18,19)/t10-,12+,13-/m0/s1. The molecule has 4 nitrogen and oxygen atoms in total. The van der Waals surface area contributed by atoms with Crippen LogP contribution in [0.4, 0.5) is 0 Å². The minimum Gasteiger partial charge on any atom is -0.480 e. The van der Waals surface area contributed by atoms with E-state index in [9.17, 15) is 9.90 Å². The van der Waals surface area contributed by atoms with Gasteiger partial charge in [-0.1, -0.05) is 19.8 Å². The van der Waals surface area contributed by atoms with E-state index in [1.165, 1.54) is 19.3 Å². The van der Waals surface area contributed by atoms with E-state index in [4.69, 9.17) is 0 Å². The zero-order valence-corrected chi connectivity index (χ0v) is 12.7. The molecule has 110 valence electrons. The van der Waals surface area contributed by atoms with Crippen molar-refractivity contribution >= 4 is 17.3 Å². The lowest BCUT2D eigenvalue weighted by Gasteiger charge is -2.32. The maximum Gasteiger partial charge on any atom is 0.320 e. The molecule has 0 bridgehead atoms. The third-order valence-corrected chi connectivity index (χ3v) is 5.79. The van der Waals surface area contributed by atoms with Crippen molar-refractivity contribution in [3.63, 3.8) is 0 Å². The van der Waals surface area contributed by atoms with Crippen LogP contribution in [0.1, 0.15) is 49.7 Å². The summed E-state index contributed by atoms with van der Waals surface area (Å²) in [7, 11) is 0. The van der Waals surface area contributed by atoms with Crippen molar-refractivity contribution in [2.45, 2.75) is 64.1 Å². The predicted octanol–water partition coefficient (Wildman–Crippen LogP) is 2.92. The van der Waals surface area contributed by atoms with Crippen molar-refractivity contribution in [1.82, 2.24) is 9.88 Å². The van der Waals surface area contributed by atoms with Crippen molar-refractivity contribution < 1.29 is 9.90 Å². The van der Waals surface area contributed by atoms with Crippen molar-refractivity contribution in [3.8, 4) is 0 Å².